The zero-order chi connectivity index (χ0) is 10.4. The Labute approximate surface area is 84.6 Å². The zero-order valence-corrected chi connectivity index (χ0v) is 7.65. The minimum absolute atomic E-state index is 0.381. The lowest BCUT2D eigenvalue weighted by Crippen LogP contribution is -2.44. The smallest absolute Gasteiger partial charge is 0.272 e. The highest BCUT2D eigenvalue weighted by molar-refractivity contribution is 6.06. The molecule has 0 unspecified atom stereocenters. The Morgan fingerprint density at radius 2 is 2.07 bits per heavy atom. The van der Waals surface area contributed by atoms with Gasteiger partial charge in [0, 0.05) is 5.22 Å². The Morgan fingerprint density at radius 1 is 1.20 bits per heavy atom. The second-order valence-electron chi connectivity index (χ2n) is 3.36. The molecule has 0 radical (unpaired) electrons. The Kier molecular flexibility index (Phi) is 1.42. The third kappa shape index (κ3) is 1.05. The van der Waals surface area contributed by atoms with E-state index < -0.39 is 6.03 Å². The number of benzene rings is 1. The predicted octanol–water partition coefficient (Wildman–Crippen LogP) is -0.0231. The molecule has 1 aliphatic heterocycles. The van der Waals surface area contributed by atoms with Gasteiger partial charge in [0.1, 0.15) is 0 Å². The van der Waals surface area contributed by atoms with Gasteiger partial charge in [0.15, 0.2) is 0 Å². The molecule has 72 valence electrons. The van der Waals surface area contributed by atoms with Crippen LogP contribution in [0.1, 0.15) is 15.9 Å². The van der Waals surface area contributed by atoms with E-state index in [0.717, 1.165) is 10.8 Å². The number of allylic oxidation sites excluding steroid dienone is 1. The Balaban J connectivity index is 2.50. The fourth-order valence-electron chi connectivity index (χ4n) is 1.79. The Hall–Kier alpha value is -2.23. The van der Waals surface area contributed by atoms with Crippen molar-refractivity contribution in [1.82, 2.24) is 5.32 Å². The van der Waals surface area contributed by atoms with E-state index in [2.05, 4.69) is 10.3 Å². The van der Waals surface area contributed by atoms with Crippen molar-refractivity contribution in [2.45, 2.75) is 0 Å². The van der Waals surface area contributed by atoms with E-state index in [-0.39, 0.29) is 5.91 Å². The van der Waals surface area contributed by atoms with Crippen molar-refractivity contribution in [2.24, 2.45) is 4.99 Å². The molecule has 1 N–H and O–H groups in total. The lowest BCUT2D eigenvalue weighted by atomic mass is 10.1. The van der Waals surface area contributed by atoms with Crippen LogP contribution >= 0.6 is 0 Å². The zero-order valence-electron chi connectivity index (χ0n) is 7.65. The molecule has 0 bridgehead atoms. The number of rotatable bonds is 0. The van der Waals surface area contributed by atoms with Crippen molar-refractivity contribution < 1.29 is 9.59 Å². The van der Waals surface area contributed by atoms with Gasteiger partial charge in [0.25, 0.3) is 5.91 Å². The molecule has 3 rings (SSSR count). The number of amides is 3. The Morgan fingerprint density at radius 3 is 2.93 bits per heavy atom. The molecule has 0 saturated carbocycles. The molecule has 0 saturated heterocycles. The van der Waals surface area contributed by atoms with Crippen molar-refractivity contribution in [1.29, 1.82) is 0 Å². The van der Waals surface area contributed by atoms with Gasteiger partial charge in [0.2, 0.25) is 0 Å². The first-order chi connectivity index (χ1) is 7.25. The lowest BCUT2D eigenvalue weighted by Gasteiger charge is -2.08. The number of imide groups is 1. The van der Waals surface area contributed by atoms with Crippen LogP contribution in [0.4, 0.5) is 4.79 Å². The van der Waals surface area contributed by atoms with E-state index in [1.165, 1.54) is 0 Å². The van der Waals surface area contributed by atoms with Crippen LogP contribution in [-0.2, 0) is 0 Å². The van der Waals surface area contributed by atoms with Crippen molar-refractivity contribution >= 4 is 24.1 Å². The van der Waals surface area contributed by atoms with Gasteiger partial charge in [-0.25, -0.2) is 4.79 Å². The summed E-state index contributed by atoms with van der Waals surface area (Å²) in [4.78, 5) is 26.4. The van der Waals surface area contributed by atoms with Gasteiger partial charge < -0.3 is 0 Å². The van der Waals surface area contributed by atoms with Crippen LogP contribution in [0.5, 0.6) is 0 Å². The van der Waals surface area contributed by atoms with E-state index >= 15 is 0 Å². The summed E-state index contributed by atoms with van der Waals surface area (Å²) in [5.41, 5.74) is 1.44. The summed E-state index contributed by atoms with van der Waals surface area (Å²) >= 11 is 0. The Bertz CT molecular complexity index is 641. The maximum atomic E-state index is 11.5. The summed E-state index contributed by atoms with van der Waals surface area (Å²) in [6, 6.07) is 2.93. The minimum Gasteiger partial charge on any atom is -0.272 e. The van der Waals surface area contributed by atoms with E-state index in [0.29, 0.717) is 10.9 Å². The minimum atomic E-state index is -0.596. The topological polar surface area (TPSA) is 58.5 Å². The van der Waals surface area contributed by atoms with Gasteiger partial charge >= 0.3 is 6.03 Å². The fourth-order valence-corrected chi connectivity index (χ4v) is 1.79. The summed E-state index contributed by atoms with van der Waals surface area (Å²) in [5.74, 6) is -0.381. The summed E-state index contributed by atoms with van der Waals surface area (Å²) in [6.45, 7) is 0. The molecule has 4 heteroatoms. The number of hydrogen-bond acceptors (Lipinski definition) is 2. The standard InChI is InChI=1S/C11H6N2O2/c14-10-8-5-4-6-2-1-3-7(6)9(8)12-11(15)13-10/h1-5H,(H,13,14,15). The lowest BCUT2D eigenvalue weighted by molar-refractivity contribution is 0.0960. The SMILES string of the molecule is O=C1N=c2c(ccc3c2=CC=C3)C(=O)N1. The second kappa shape index (κ2) is 2.63. The van der Waals surface area contributed by atoms with Crippen LogP contribution in [0.25, 0.3) is 12.2 Å². The maximum Gasteiger partial charge on any atom is 0.348 e. The normalized spacial score (nSPS) is 16.3. The van der Waals surface area contributed by atoms with Crippen LogP contribution < -0.4 is 15.9 Å². The average molecular weight is 198 g/mol. The number of nitrogens with zero attached hydrogens (tertiary/aromatic N) is 1. The summed E-state index contributed by atoms with van der Waals surface area (Å²) < 4.78 is 0. The highest BCUT2D eigenvalue weighted by Crippen LogP contribution is 2.03. The fraction of sp³-hybridized carbons (Fsp3) is 0. The van der Waals surface area contributed by atoms with Crippen molar-refractivity contribution in [2.75, 3.05) is 0 Å². The number of fused-ring (bicyclic) bond motifs is 3. The molecular formula is C11H6N2O2. The van der Waals surface area contributed by atoms with E-state index in [9.17, 15) is 9.59 Å². The molecule has 1 heterocycles. The van der Waals surface area contributed by atoms with Gasteiger partial charge in [-0.05, 0) is 11.6 Å². The van der Waals surface area contributed by atoms with E-state index in [4.69, 9.17) is 0 Å². The van der Waals surface area contributed by atoms with Gasteiger partial charge in [-0.15, -0.1) is 0 Å². The third-order valence-electron chi connectivity index (χ3n) is 2.47. The third-order valence-corrected chi connectivity index (χ3v) is 2.47. The number of urea groups is 1. The molecule has 3 amide bonds. The summed E-state index contributed by atoms with van der Waals surface area (Å²) in [7, 11) is 0. The molecule has 1 aliphatic carbocycles. The van der Waals surface area contributed by atoms with Crippen LogP contribution in [0.15, 0.2) is 23.2 Å². The molecule has 1 aromatic rings. The molecule has 1 aromatic carbocycles. The number of nitrogens with one attached hydrogen (secondary N) is 1. The molecule has 4 nitrogen and oxygen atoms in total. The predicted molar refractivity (Wildman–Crippen MR) is 53.6 cm³/mol. The van der Waals surface area contributed by atoms with Crippen molar-refractivity contribution in [3.05, 3.63) is 39.9 Å². The van der Waals surface area contributed by atoms with Gasteiger partial charge in [-0.1, -0.05) is 24.3 Å². The maximum absolute atomic E-state index is 11.5. The second-order valence-corrected chi connectivity index (χ2v) is 3.36. The summed E-state index contributed by atoms with van der Waals surface area (Å²) in [5, 5.41) is 3.47. The molecule has 0 spiro atoms. The molecule has 0 atom stereocenters. The van der Waals surface area contributed by atoms with Crippen molar-refractivity contribution in [3.8, 4) is 0 Å². The molecule has 2 aliphatic rings. The van der Waals surface area contributed by atoms with Crippen LogP contribution in [-0.4, -0.2) is 11.9 Å². The quantitative estimate of drug-likeness (QED) is 0.636. The van der Waals surface area contributed by atoms with Gasteiger partial charge in [0.05, 0.1) is 10.9 Å². The first kappa shape index (κ1) is 8.11. The molecule has 0 aromatic heterocycles. The highest BCUT2D eigenvalue weighted by atomic mass is 16.2. The van der Waals surface area contributed by atoms with Gasteiger partial charge in [-0.3, -0.25) is 10.1 Å². The number of carbonyl (C=O) groups excluding carboxylic acids is 2. The molecule has 0 fully saturated rings. The monoisotopic (exact) mass is 198 g/mol. The van der Waals surface area contributed by atoms with Crippen LogP contribution in [0.2, 0.25) is 0 Å². The first-order valence-electron chi connectivity index (χ1n) is 4.51. The molecule has 15 heavy (non-hydrogen) atoms. The number of hydrogen-bond donors (Lipinski definition) is 1. The van der Waals surface area contributed by atoms with Gasteiger partial charge in [-0.2, -0.15) is 4.99 Å². The van der Waals surface area contributed by atoms with Crippen molar-refractivity contribution in [3.63, 3.8) is 0 Å². The molecular weight excluding hydrogens is 192 g/mol. The highest BCUT2D eigenvalue weighted by Gasteiger charge is 2.19. The largest absolute Gasteiger partial charge is 0.348 e. The van der Waals surface area contributed by atoms with Crippen LogP contribution in [0.3, 0.4) is 0 Å². The van der Waals surface area contributed by atoms with E-state index in [1.54, 1.807) is 6.07 Å². The average Bonchev–Trinajstić information content (AvgIpc) is 2.65. The number of carbonyl (C=O) groups is 2. The van der Waals surface area contributed by atoms with E-state index in [1.807, 2.05) is 24.3 Å². The first-order valence-corrected chi connectivity index (χ1v) is 4.51. The van der Waals surface area contributed by atoms with Crippen LogP contribution in [0, 0.1) is 0 Å². The summed E-state index contributed by atoms with van der Waals surface area (Å²) in [6.07, 6.45) is 5.64.